The number of hydrogen-bond donors (Lipinski definition) is 1. The molecule has 1 N–H and O–H groups in total. The molecule has 0 bridgehead atoms. The summed E-state index contributed by atoms with van der Waals surface area (Å²) in [6.45, 7) is 1.78. The van der Waals surface area contributed by atoms with Crippen LogP contribution < -0.4 is 0 Å². The Hall–Kier alpha value is -2.09. The number of rotatable bonds is 2. The largest absolute Gasteiger partial charge is 0.481 e. The molecule has 3 rings (SSSR count). The number of aliphatic carboxylic acids is 1. The standard InChI is InChI=1S/C16H14O2/c1-10(16(17)18)15-13-8-4-2-6-11(13)12-7-3-5-9-14(12)15/h2-10,15H,1H3,(H,17,18). The molecule has 0 heterocycles. The number of carboxylic acids is 1. The molecule has 0 spiro atoms. The summed E-state index contributed by atoms with van der Waals surface area (Å²) in [6.07, 6.45) is 0. The summed E-state index contributed by atoms with van der Waals surface area (Å²) < 4.78 is 0. The lowest BCUT2D eigenvalue weighted by Crippen LogP contribution is -2.18. The normalized spacial score (nSPS) is 14.9. The molecule has 90 valence electrons. The van der Waals surface area contributed by atoms with E-state index in [2.05, 4.69) is 12.1 Å². The quantitative estimate of drug-likeness (QED) is 0.869. The average Bonchev–Trinajstić information content (AvgIpc) is 2.72. The van der Waals surface area contributed by atoms with Gasteiger partial charge < -0.3 is 5.11 Å². The van der Waals surface area contributed by atoms with Crippen molar-refractivity contribution in [3.8, 4) is 11.1 Å². The lowest BCUT2D eigenvalue weighted by molar-refractivity contribution is -0.141. The Labute approximate surface area is 106 Å². The van der Waals surface area contributed by atoms with Crippen LogP contribution in [-0.4, -0.2) is 11.1 Å². The maximum atomic E-state index is 11.3. The Balaban J connectivity index is 2.24. The maximum absolute atomic E-state index is 11.3. The van der Waals surface area contributed by atoms with Crippen LogP contribution >= 0.6 is 0 Å². The molecule has 18 heavy (non-hydrogen) atoms. The van der Waals surface area contributed by atoms with E-state index in [0.717, 1.165) is 11.1 Å². The lowest BCUT2D eigenvalue weighted by atomic mass is 9.85. The van der Waals surface area contributed by atoms with Gasteiger partial charge in [0.15, 0.2) is 0 Å². The first-order valence-electron chi connectivity index (χ1n) is 6.11. The van der Waals surface area contributed by atoms with E-state index in [1.54, 1.807) is 6.92 Å². The van der Waals surface area contributed by atoms with Crippen molar-refractivity contribution in [1.82, 2.24) is 0 Å². The number of benzene rings is 2. The van der Waals surface area contributed by atoms with Crippen molar-refractivity contribution in [2.75, 3.05) is 0 Å². The maximum Gasteiger partial charge on any atom is 0.307 e. The molecule has 2 nitrogen and oxygen atoms in total. The van der Waals surface area contributed by atoms with E-state index in [-0.39, 0.29) is 5.92 Å². The Morgan fingerprint density at radius 1 is 1.00 bits per heavy atom. The summed E-state index contributed by atoms with van der Waals surface area (Å²) >= 11 is 0. The molecule has 2 aromatic carbocycles. The smallest absolute Gasteiger partial charge is 0.307 e. The molecule has 0 fully saturated rings. The summed E-state index contributed by atoms with van der Waals surface area (Å²) in [5.41, 5.74) is 4.61. The number of fused-ring (bicyclic) bond motifs is 3. The molecule has 0 aliphatic heterocycles. The van der Waals surface area contributed by atoms with Crippen LogP contribution in [0.5, 0.6) is 0 Å². The molecule has 0 saturated heterocycles. The third-order valence-corrected chi connectivity index (χ3v) is 3.77. The van der Waals surface area contributed by atoms with Crippen molar-refractivity contribution in [2.24, 2.45) is 5.92 Å². The minimum Gasteiger partial charge on any atom is -0.481 e. The summed E-state index contributed by atoms with van der Waals surface area (Å²) in [6, 6.07) is 16.2. The van der Waals surface area contributed by atoms with E-state index in [1.807, 2.05) is 36.4 Å². The van der Waals surface area contributed by atoms with Gasteiger partial charge in [-0.15, -0.1) is 0 Å². The van der Waals surface area contributed by atoms with Crippen LogP contribution in [0.1, 0.15) is 24.0 Å². The van der Waals surface area contributed by atoms with Gasteiger partial charge in [0.2, 0.25) is 0 Å². The van der Waals surface area contributed by atoms with Gasteiger partial charge in [-0.3, -0.25) is 4.79 Å². The van der Waals surface area contributed by atoms with E-state index in [0.29, 0.717) is 0 Å². The molecule has 2 heteroatoms. The summed E-state index contributed by atoms with van der Waals surface area (Å²) in [4.78, 5) is 11.3. The molecule has 2 aromatic rings. The lowest BCUT2D eigenvalue weighted by Gasteiger charge is -2.17. The highest BCUT2D eigenvalue weighted by Crippen LogP contribution is 2.47. The number of carboxylic acid groups (broad SMARTS) is 1. The monoisotopic (exact) mass is 238 g/mol. The predicted molar refractivity (Wildman–Crippen MR) is 70.5 cm³/mol. The molecule has 1 unspecified atom stereocenters. The van der Waals surface area contributed by atoms with Crippen LogP contribution in [0.3, 0.4) is 0 Å². The zero-order chi connectivity index (χ0) is 12.7. The fraction of sp³-hybridized carbons (Fsp3) is 0.188. The van der Waals surface area contributed by atoms with Gasteiger partial charge in [-0.2, -0.15) is 0 Å². The van der Waals surface area contributed by atoms with Gasteiger partial charge in [0.25, 0.3) is 0 Å². The minimum atomic E-state index is -0.744. The highest BCUT2D eigenvalue weighted by atomic mass is 16.4. The van der Waals surface area contributed by atoms with E-state index in [9.17, 15) is 9.90 Å². The number of hydrogen-bond acceptors (Lipinski definition) is 1. The third-order valence-electron chi connectivity index (χ3n) is 3.77. The van der Waals surface area contributed by atoms with Crippen molar-refractivity contribution in [3.63, 3.8) is 0 Å². The third kappa shape index (κ3) is 1.46. The van der Waals surface area contributed by atoms with Crippen LogP contribution in [0.15, 0.2) is 48.5 Å². The summed E-state index contributed by atoms with van der Waals surface area (Å²) in [5, 5.41) is 9.29. The highest BCUT2D eigenvalue weighted by Gasteiger charge is 2.34. The molecule has 0 radical (unpaired) electrons. The average molecular weight is 238 g/mol. The van der Waals surface area contributed by atoms with Crippen molar-refractivity contribution in [1.29, 1.82) is 0 Å². The molecule has 1 aliphatic carbocycles. The molecule has 0 saturated carbocycles. The zero-order valence-corrected chi connectivity index (χ0v) is 10.1. The van der Waals surface area contributed by atoms with Gasteiger partial charge in [0.1, 0.15) is 0 Å². The van der Waals surface area contributed by atoms with Gasteiger partial charge in [-0.1, -0.05) is 55.5 Å². The molecule has 1 aliphatic rings. The van der Waals surface area contributed by atoms with E-state index < -0.39 is 11.9 Å². The fourth-order valence-corrected chi connectivity index (χ4v) is 2.88. The van der Waals surface area contributed by atoms with Crippen molar-refractivity contribution in [2.45, 2.75) is 12.8 Å². The topological polar surface area (TPSA) is 37.3 Å². The first-order valence-corrected chi connectivity index (χ1v) is 6.11. The molecular formula is C16H14O2. The van der Waals surface area contributed by atoms with Gasteiger partial charge in [-0.25, -0.2) is 0 Å². The van der Waals surface area contributed by atoms with E-state index in [1.165, 1.54) is 11.1 Å². The molecule has 0 amide bonds. The van der Waals surface area contributed by atoms with Crippen LogP contribution in [-0.2, 0) is 4.79 Å². The van der Waals surface area contributed by atoms with Crippen LogP contribution in [0.25, 0.3) is 11.1 Å². The second-order valence-corrected chi connectivity index (χ2v) is 4.78. The summed E-state index contributed by atoms with van der Waals surface area (Å²) in [5.74, 6) is -1.18. The minimum absolute atomic E-state index is 0.0325. The Bertz CT molecular complexity index is 570. The SMILES string of the molecule is CC(C(=O)O)C1c2ccccc2-c2ccccc21. The Kier molecular flexibility index (Phi) is 2.44. The van der Waals surface area contributed by atoms with Crippen LogP contribution in [0.2, 0.25) is 0 Å². The number of carbonyl (C=O) groups is 1. The fourth-order valence-electron chi connectivity index (χ4n) is 2.88. The van der Waals surface area contributed by atoms with E-state index >= 15 is 0 Å². The van der Waals surface area contributed by atoms with Gasteiger partial charge in [0, 0.05) is 5.92 Å². The van der Waals surface area contributed by atoms with Gasteiger partial charge in [-0.05, 0) is 22.3 Å². The first kappa shape index (κ1) is 11.0. The summed E-state index contributed by atoms with van der Waals surface area (Å²) in [7, 11) is 0. The van der Waals surface area contributed by atoms with Crippen LogP contribution in [0.4, 0.5) is 0 Å². The zero-order valence-electron chi connectivity index (χ0n) is 10.1. The molecule has 1 atom stereocenters. The molecular weight excluding hydrogens is 224 g/mol. The van der Waals surface area contributed by atoms with Gasteiger partial charge in [0.05, 0.1) is 5.92 Å². The van der Waals surface area contributed by atoms with E-state index in [4.69, 9.17) is 0 Å². The van der Waals surface area contributed by atoms with Crippen molar-refractivity contribution in [3.05, 3.63) is 59.7 Å². The van der Waals surface area contributed by atoms with Crippen molar-refractivity contribution >= 4 is 5.97 Å². The van der Waals surface area contributed by atoms with Gasteiger partial charge >= 0.3 is 5.97 Å². The van der Waals surface area contributed by atoms with Crippen molar-refractivity contribution < 1.29 is 9.90 Å². The Morgan fingerprint density at radius 3 is 1.89 bits per heavy atom. The Morgan fingerprint density at radius 2 is 1.44 bits per heavy atom. The van der Waals surface area contributed by atoms with Crippen LogP contribution in [0, 0.1) is 5.92 Å². The second kappa shape index (κ2) is 3.98. The molecule has 0 aromatic heterocycles. The highest BCUT2D eigenvalue weighted by molar-refractivity contribution is 5.82. The second-order valence-electron chi connectivity index (χ2n) is 4.78. The predicted octanol–water partition coefficient (Wildman–Crippen LogP) is 3.52. The first-order chi connectivity index (χ1) is 8.70.